The third-order valence-electron chi connectivity index (χ3n) is 3.62. The Morgan fingerprint density at radius 3 is 2.35 bits per heavy atom. The standard InChI is InChI=1S/C19H26FNO2/c1-7-8-9-12(2)17(22)14-10-13(3)16(15(20)11-14)21-18(23)19(4,5)6/h10-11H,2,7-9H2,1,3-6H3,(H,21,23). The molecule has 0 aliphatic rings. The molecular weight excluding hydrogens is 293 g/mol. The van der Waals surface area contributed by atoms with Crippen LogP contribution in [0, 0.1) is 18.2 Å². The van der Waals surface area contributed by atoms with Gasteiger partial charge in [0, 0.05) is 11.0 Å². The number of unbranched alkanes of at least 4 members (excludes halogenated alkanes) is 1. The van der Waals surface area contributed by atoms with Crippen LogP contribution >= 0.6 is 0 Å². The molecule has 1 rings (SSSR count). The molecule has 0 radical (unpaired) electrons. The molecular formula is C19H26FNO2. The molecule has 0 spiro atoms. The van der Waals surface area contributed by atoms with Gasteiger partial charge in [-0.15, -0.1) is 0 Å². The number of halogens is 1. The van der Waals surface area contributed by atoms with E-state index in [1.54, 1.807) is 33.8 Å². The van der Waals surface area contributed by atoms with Gasteiger partial charge in [-0.1, -0.05) is 40.7 Å². The Balaban J connectivity index is 3.04. The maximum absolute atomic E-state index is 14.3. The molecule has 23 heavy (non-hydrogen) atoms. The fraction of sp³-hybridized carbons (Fsp3) is 0.474. The highest BCUT2D eigenvalue weighted by molar-refractivity contribution is 6.08. The van der Waals surface area contributed by atoms with Crippen LogP contribution in [0.1, 0.15) is 62.9 Å². The smallest absolute Gasteiger partial charge is 0.229 e. The summed E-state index contributed by atoms with van der Waals surface area (Å²) in [4.78, 5) is 24.3. The summed E-state index contributed by atoms with van der Waals surface area (Å²) >= 11 is 0. The predicted molar refractivity (Wildman–Crippen MR) is 92.2 cm³/mol. The van der Waals surface area contributed by atoms with Crippen molar-refractivity contribution >= 4 is 17.4 Å². The molecule has 0 aromatic heterocycles. The molecule has 1 aromatic carbocycles. The molecule has 126 valence electrons. The zero-order valence-corrected chi connectivity index (χ0v) is 14.7. The van der Waals surface area contributed by atoms with E-state index in [0.717, 1.165) is 12.8 Å². The molecule has 0 aliphatic carbocycles. The lowest BCUT2D eigenvalue weighted by molar-refractivity contribution is -0.123. The number of hydrogen-bond acceptors (Lipinski definition) is 2. The van der Waals surface area contributed by atoms with E-state index in [2.05, 4.69) is 11.9 Å². The van der Waals surface area contributed by atoms with Gasteiger partial charge in [-0.3, -0.25) is 9.59 Å². The largest absolute Gasteiger partial charge is 0.323 e. The van der Waals surface area contributed by atoms with E-state index in [1.165, 1.54) is 6.07 Å². The Hall–Kier alpha value is -1.97. The molecule has 0 fully saturated rings. The van der Waals surface area contributed by atoms with Gasteiger partial charge in [-0.25, -0.2) is 4.39 Å². The molecule has 3 nitrogen and oxygen atoms in total. The molecule has 0 saturated heterocycles. The predicted octanol–water partition coefficient (Wildman–Crippen LogP) is 5.05. The summed E-state index contributed by atoms with van der Waals surface area (Å²) in [7, 11) is 0. The van der Waals surface area contributed by atoms with Crippen LogP contribution in [0.25, 0.3) is 0 Å². The first-order valence-electron chi connectivity index (χ1n) is 7.92. The van der Waals surface area contributed by atoms with Crippen LogP contribution in [0.4, 0.5) is 10.1 Å². The molecule has 0 saturated carbocycles. The Bertz CT molecular complexity index is 604. The number of aryl methyl sites for hydroxylation is 1. The Morgan fingerprint density at radius 2 is 1.87 bits per heavy atom. The number of allylic oxidation sites excluding steroid dienone is 1. The average Bonchev–Trinajstić information content (AvgIpc) is 2.46. The highest BCUT2D eigenvalue weighted by atomic mass is 19.1. The number of carbonyl (C=O) groups is 2. The summed E-state index contributed by atoms with van der Waals surface area (Å²) in [5, 5.41) is 2.60. The zero-order valence-electron chi connectivity index (χ0n) is 14.7. The molecule has 1 amide bonds. The van der Waals surface area contributed by atoms with E-state index >= 15 is 0 Å². The van der Waals surface area contributed by atoms with Crippen molar-refractivity contribution in [1.82, 2.24) is 0 Å². The highest BCUT2D eigenvalue weighted by Gasteiger charge is 2.23. The summed E-state index contributed by atoms with van der Waals surface area (Å²) in [6, 6.07) is 2.77. The van der Waals surface area contributed by atoms with Crippen LogP contribution in [0.3, 0.4) is 0 Å². The average molecular weight is 319 g/mol. The molecule has 1 aromatic rings. The number of rotatable bonds is 6. The van der Waals surface area contributed by atoms with Crippen molar-refractivity contribution in [2.24, 2.45) is 5.41 Å². The second kappa shape index (κ2) is 7.53. The minimum Gasteiger partial charge on any atom is -0.323 e. The summed E-state index contributed by atoms with van der Waals surface area (Å²) in [5.74, 6) is -1.12. The van der Waals surface area contributed by atoms with Gasteiger partial charge in [-0.2, -0.15) is 0 Å². The maximum Gasteiger partial charge on any atom is 0.229 e. The lowest BCUT2D eigenvalue weighted by Gasteiger charge is -2.19. The van der Waals surface area contributed by atoms with Crippen molar-refractivity contribution in [2.45, 2.75) is 53.9 Å². The summed E-state index contributed by atoms with van der Waals surface area (Å²) in [6.45, 7) is 12.8. The van der Waals surface area contributed by atoms with E-state index in [1.807, 2.05) is 6.92 Å². The number of hydrogen-bond donors (Lipinski definition) is 1. The quantitative estimate of drug-likeness (QED) is 0.589. The third kappa shape index (κ3) is 5.02. The first kappa shape index (κ1) is 19.1. The molecule has 0 atom stereocenters. The van der Waals surface area contributed by atoms with E-state index < -0.39 is 11.2 Å². The van der Waals surface area contributed by atoms with Crippen molar-refractivity contribution in [3.05, 3.63) is 41.2 Å². The van der Waals surface area contributed by atoms with Crippen molar-refractivity contribution in [1.29, 1.82) is 0 Å². The summed E-state index contributed by atoms with van der Waals surface area (Å²) < 4.78 is 14.3. The minimum atomic E-state index is -0.623. The Morgan fingerprint density at radius 1 is 1.26 bits per heavy atom. The first-order valence-corrected chi connectivity index (χ1v) is 7.92. The summed E-state index contributed by atoms with van der Waals surface area (Å²) in [5.41, 5.74) is 0.781. The number of ketones is 1. The second-order valence-electron chi connectivity index (χ2n) is 6.89. The van der Waals surface area contributed by atoms with Crippen LogP contribution in [0.2, 0.25) is 0 Å². The van der Waals surface area contributed by atoms with Crippen LogP contribution in [-0.2, 0) is 4.79 Å². The van der Waals surface area contributed by atoms with E-state index in [-0.39, 0.29) is 22.9 Å². The van der Waals surface area contributed by atoms with E-state index in [0.29, 0.717) is 17.6 Å². The molecule has 0 heterocycles. The van der Waals surface area contributed by atoms with Gasteiger partial charge in [0.05, 0.1) is 5.69 Å². The van der Waals surface area contributed by atoms with Gasteiger partial charge >= 0.3 is 0 Å². The zero-order chi connectivity index (χ0) is 17.8. The van der Waals surface area contributed by atoms with Crippen molar-refractivity contribution in [3.63, 3.8) is 0 Å². The van der Waals surface area contributed by atoms with Crippen LogP contribution in [-0.4, -0.2) is 11.7 Å². The van der Waals surface area contributed by atoms with E-state index in [9.17, 15) is 14.0 Å². The lowest BCUT2D eigenvalue weighted by atomic mass is 9.94. The number of carbonyl (C=O) groups excluding carboxylic acids is 2. The Labute approximate surface area is 138 Å². The van der Waals surface area contributed by atoms with Gasteiger partial charge < -0.3 is 5.32 Å². The van der Waals surface area contributed by atoms with Crippen molar-refractivity contribution in [2.75, 3.05) is 5.32 Å². The number of benzene rings is 1. The van der Waals surface area contributed by atoms with Crippen LogP contribution in [0.15, 0.2) is 24.3 Å². The fourth-order valence-corrected chi connectivity index (χ4v) is 2.04. The number of anilines is 1. The van der Waals surface area contributed by atoms with Crippen molar-refractivity contribution in [3.8, 4) is 0 Å². The SMILES string of the molecule is C=C(CCCC)C(=O)c1cc(C)c(NC(=O)C(C)(C)C)c(F)c1. The Kier molecular flexibility index (Phi) is 6.25. The monoisotopic (exact) mass is 319 g/mol. The van der Waals surface area contributed by atoms with Crippen LogP contribution in [0.5, 0.6) is 0 Å². The number of Topliss-reactive ketones (excluding diaryl/α,β-unsaturated/α-hetero) is 1. The van der Waals surface area contributed by atoms with E-state index in [4.69, 9.17) is 0 Å². The fourth-order valence-electron chi connectivity index (χ4n) is 2.04. The topological polar surface area (TPSA) is 46.2 Å². The number of nitrogens with one attached hydrogen (secondary N) is 1. The van der Waals surface area contributed by atoms with Crippen molar-refractivity contribution < 1.29 is 14.0 Å². The molecule has 1 N–H and O–H groups in total. The van der Waals surface area contributed by atoms with Gasteiger partial charge in [0.25, 0.3) is 0 Å². The highest BCUT2D eigenvalue weighted by Crippen LogP contribution is 2.26. The summed E-state index contributed by atoms with van der Waals surface area (Å²) in [6.07, 6.45) is 2.46. The van der Waals surface area contributed by atoms with Gasteiger partial charge in [-0.05, 0) is 43.0 Å². The molecule has 0 aliphatic heterocycles. The van der Waals surface area contributed by atoms with Gasteiger partial charge in [0.2, 0.25) is 5.91 Å². The first-order chi connectivity index (χ1) is 10.6. The molecule has 4 heteroatoms. The normalized spacial score (nSPS) is 11.2. The second-order valence-corrected chi connectivity index (χ2v) is 6.89. The minimum absolute atomic E-state index is 0.126. The maximum atomic E-state index is 14.3. The molecule has 0 unspecified atom stereocenters. The number of amides is 1. The van der Waals surface area contributed by atoms with Gasteiger partial charge in [0.15, 0.2) is 5.78 Å². The molecule has 0 bridgehead atoms. The third-order valence-corrected chi connectivity index (χ3v) is 3.62. The van der Waals surface area contributed by atoms with Gasteiger partial charge in [0.1, 0.15) is 5.82 Å². The lowest BCUT2D eigenvalue weighted by Crippen LogP contribution is -2.28. The van der Waals surface area contributed by atoms with Crippen LogP contribution < -0.4 is 5.32 Å².